The maximum absolute atomic E-state index is 10.8. The van der Waals surface area contributed by atoms with Crippen molar-refractivity contribution in [3.63, 3.8) is 0 Å². The number of ether oxygens (including phenoxy) is 2. The second-order valence-corrected chi connectivity index (χ2v) is 4.10. The Morgan fingerprint density at radius 2 is 2.11 bits per heavy atom. The molecule has 1 aromatic carbocycles. The third-order valence-electron chi connectivity index (χ3n) is 2.52. The van der Waals surface area contributed by atoms with Gasteiger partial charge >= 0.3 is 0 Å². The van der Waals surface area contributed by atoms with Crippen molar-refractivity contribution in [3.05, 3.63) is 33.9 Å². The molecule has 0 aromatic heterocycles. The summed E-state index contributed by atoms with van der Waals surface area (Å²) in [4.78, 5) is 10.3. The number of nitrogens with one attached hydrogen (secondary N) is 1. The van der Waals surface area contributed by atoms with Gasteiger partial charge in [0.05, 0.1) is 31.3 Å². The summed E-state index contributed by atoms with van der Waals surface area (Å²) in [6.07, 6.45) is 1.09. The first-order valence-electron chi connectivity index (χ1n) is 6.28. The molecule has 0 atom stereocenters. The standard InChI is InChI=1S/C13H20N2O4/c1-3-4-14-5-6-19-10-11-7-12(15(16)17)9-13(8-11)18-2/h7-9,14H,3-6,10H2,1-2H3. The van der Waals surface area contributed by atoms with Crippen LogP contribution in [0.2, 0.25) is 0 Å². The molecular weight excluding hydrogens is 248 g/mol. The van der Waals surface area contributed by atoms with Crippen molar-refractivity contribution < 1.29 is 14.4 Å². The molecule has 0 aliphatic rings. The number of rotatable bonds is 9. The molecule has 0 saturated heterocycles. The summed E-state index contributed by atoms with van der Waals surface area (Å²) < 4.78 is 10.5. The van der Waals surface area contributed by atoms with E-state index in [9.17, 15) is 10.1 Å². The van der Waals surface area contributed by atoms with Gasteiger partial charge in [-0.25, -0.2) is 0 Å². The van der Waals surface area contributed by atoms with Gasteiger partial charge in [0.15, 0.2) is 0 Å². The van der Waals surface area contributed by atoms with Crippen LogP contribution < -0.4 is 10.1 Å². The molecular formula is C13H20N2O4. The Balaban J connectivity index is 2.48. The molecule has 0 amide bonds. The van der Waals surface area contributed by atoms with Gasteiger partial charge in [-0.05, 0) is 24.6 Å². The Hall–Kier alpha value is -1.66. The summed E-state index contributed by atoms with van der Waals surface area (Å²) in [6, 6.07) is 4.64. The Bertz CT molecular complexity index is 410. The van der Waals surface area contributed by atoms with Gasteiger partial charge in [0, 0.05) is 12.6 Å². The first kappa shape index (κ1) is 15.4. The maximum Gasteiger partial charge on any atom is 0.273 e. The largest absolute Gasteiger partial charge is 0.496 e. The van der Waals surface area contributed by atoms with Gasteiger partial charge in [-0.3, -0.25) is 10.1 Å². The number of benzene rings is 1. The fourth-order valence-electron chi connectivity index (χ4n) is 1.59. The van der Waals surface area contributed by atoms with Crippen molar-refractivity contribution in [2.24, 2.45) is 0 Å². The van der Waals surface area contributed by atoms with Crippen LogP contribution in [0, 0.1) is 10.1 Å². The number of nitro groups is 1. The fraction of sp³-hybridized carbons (Fsp3) is 0.538. The molecule has 0 spiro atoms. The average Bonchev–Trinajstić information content (AvgIpc) is 2.42. The molecule has 106 valence electrons. The van der Waals surface area contributed by atoms with E-state index in [2.05, 4.69) is 12.2 Å². The van der Waals surface area contributed by atoms with Gasteiger partial charge in [0.1, 0.15) is 5.75 Å². The molecule has 0 heterocycles. The molecule has 0 aliphatic heterocycles. The SMILES string of the molecule is CCCNCCOCc1cc(OC)cc([N+](=O)[O-])c1. The van der Waals surface area contributed by atoms with Crippen molar-refractivity contribution in [1.82, 2.24) is 5.32 Å². The average molecular weight is 268 g/mol. The first-order chi connectivity index (χ1) is 9.17. The van der Waals surface area contributed by atoms with Gasteiger partial charge in [0.2, 0.25) is 0 Å². The predicted molar refractivity (Wildman–Crippen MR) is 72.5 cm³/mol. The Morgan fingerprint density at radius 1 is 1.32 bits per heavy atom. The van der Waals surface area contributed by atoms with Gasteiger partial charge in [-0.1, -0.05) is 6.92 Å². The van der Waals surface area contributed by atoms with Crippen molar-refractivity contribution in [1.29, 1.82) is 0 Å². The van der Waals surface area contributed by atoms with Gasteiger partial charge in [-0.15, -0.1) is 0 Å². The van der Waals surface area contributed by atoms with Crippen LogP contribution in [0.1, 0.15) is 18.9 Å². The lowest BCUT2D eigenvalue weighted by Crippen LogP contribution is -2.20. The molecule has 0 fully saturated rings. The highest BCUT2D eigenvalue weighted by Gasteiger charge is 2.10. The minimum Gasteiger partial charge on any atom is -0.496 e. The molecule has 0 radical (unpaired) electrons. The van der Waals surface area contributed by atoms with Crippen molar-refractivity contribution in [2.75, 3.05) is 26.8 Å². The van der Waals surface area contributed by atoms with Crippen LogP contribution in [0.3, 0.4) is 0 Å². The number of non-ortho nitro benzene ring substituents is 1. The quantitative estimate of drug-likeness (QED) is 0.422. The molecule has 0 bridgehead atoms. The van der Waals surface area contributed by atoms with Crippen molar-refractivity contribution in [3.8, 4) is 5.75 Å². The normalized spacial score (nSPS) is 10.4. The Morgan fingerprint density at radius 3 is 2.74 bits per heavy atom. The molecule has 0 saturated carbocycles. The number of nitrogens with zero attached hydrogens (tertiary/aromatic N) is 1. The second kappa shape index (κ2) is 8.44. The lowest BCUT2D eigenvalue weighted by molar-refractivity contribution is -0.385. The summed E-state index contributed by atoms with van der Waals surface area (Å²) in [7, 11) is 1.48. The second-order valence-electron chi connectivity index (χ2n) is 4.10. The molecule has 0 aliphatic carbocycles. The van der Waals surface area contributed by atoms with Crippen LogP contribution in [-0.4, -0.2) is 31.7 Å². The van der Waals surface area contributed by atoms with E-state index in [1.54, 1.807) is 6.07 Å². The smallest absolute Gasteiger partial charge is 0.273 e. The zero-order chi connectivity index (χ0) is 14.1. The number of hydrogen-bond acceptors (Lipinski definition) is 5. The lowest BCUT2D eigenvalue weighted by atomic mass is 10.2. The van der Waals surface area contributed by atoms with E-state index >= 15 is 0 Å². The minimum atomic E-state index is -0.436. The van der Waals surface area contributed by atoms with Crippen LogP contribution in [0.5, 0.6) is 5.75 Å². The van der Waals surface area contributed by atoms with Crippen LogP contribution in [-0.2, 0) is 11.3 Å². The van der Waals surface area contributed by atoms with Crippen LogP contribution >= 0.6 is 0 Å². The third kappa shape index (κ3) is 5.67. The number of nitro benzene ring substituents is 1. The molecule has 1 rings (SSSR count). The Labute approximate surface area is 112 Å². The summed E-state index contributed by atoms with van der Waals surface area (Å²) in [5.74, 6) is 0.469. The molecule has 1 N–H and O–H groups in total. The monoisotopic (exact) mass is 268 g/mol. The van der Waals surface area contributed by atoms with E-state index in [0.29, 0.717) is 19.0 Å². The molecule has 6 heteroatoms. The maximum atomic E-state index is 10.8. The van der Waals surface area contributed by atoms with Gasteiger partial charge < -0.3 is 14.8 Å². The van der Waals surface area contributed by atoms with Crippen LogP contribution in [0.25, 0.3) is 0 Å². The topological polar surface area (TPSA) is 73.6 Å². The summed E-state index contributed by atoms with van der Waals surface area (Å²) in [5, 5.41) is 14.0. The molecule has 0 unspecified atom stereocenters. The first-order valence-corrected chi connectivity index (χ1v) is 6.28. The minimum absolute atomic E-state index is 0.0158. The summed E-state index contributed by atoms with van der Waals surface area (Å²) in [6.45, 7) is 4.76. The van der Waals surface area contributed by atoms with E-state index in [4.69, 9.17) is 9.47 Å². The van der Waals surface area contributed by atoms with Crippen LogP contribution in [0.15, 0.2) is 18.2 Å². The van der Waals surface area contributed by atoms with Gasteiger partial charge in [-0.2, -0.15) is 0 Å². The highest BCUT2D eigenvalue weighted by Crippen LogP contribution is 2.22. The van der Waals surface area contributed by atoms with Crippen molar-refractivity contribution in [2.45, 2.75) is 20.0 Å². The van der Waals surface area contributed by atoms with E-state index < -0.39 is 4.92 Å². The van der Waals surface area contributed by atoms with Crippen molar-refractivity contribution >= 4 is 5.69 Å². The van der Waals surface area contributed by atoms with E-state index in [1.807, 2.05) is 0 Å². The highest BCUT2D eigenvalue weighted by atomic mass is 16.6. The van der Waals surface area contributed by atoms with E-state index in [-0.39, 0.29) is 5.69 Å². The number of hydrogen-bond donors (Lipinski definition) is 1. The molecule has 19 heavy (non-hydrogen) atoms. The van der Waals surface area contributed by atoms with Crippen LogP contribution in [0.4, 0.5) is 5.69 Å². The zero-order valence-electron chi connectivity index (χ0n) is 11.3. The predicted octanol–water partition coefficient (Wildman–Crippen LogP) is 2.12. The summed E-state index contributed by atoms with van der Waals surface area (Å²) in [5.41, 5.74) is 0.753. The lowest BCUT2D eigenvalue weighted by Gasteiger charge is -2.07. The fourth-order valence-corrected chi connectivity index (χ4v) is 1.59. The third-order valence-corrected chi connectivity index (χ3v) is 2.52. The molecule has 1 aromatic rings. The van der Waals surface area contributed by atoms with Gasteiger partial charge in [0.25, 0.3) is 5.69 Å². The Kier molecular flexibility index (Phi) is 6.84. The zero-order valence-corrected chi connectivity index (χ0v) is 11.3. The van der Waals surface area contributed by atoms with E-state index in [1.165, 1.54) is 19.2 Å². The van der Waals surface area contributed by atoms with E-state index in [0.717, 1.165) is 25.1 Å². The molecule has 6 nitrogen and oxygen atoms in total. The highest BCUT2D eigenvalue weighted by molar-refractivity contribution is 5.42. The number of methoxy groups -OCH3 is 1. The summed E-state index contributed by atoms with van der Waals surface area (Å²) >= 11 is 0.